The van der Waals surface area contributed by atoms with E-state index in [0.29, 0.717) is 12.1 Å². The van der Waals surface area contributed by atoms with Crippen molar-refractivity contribution in [2.45, 2.75) is 6.42 Å². The van der Waals surface area contributed by atoms with Crippen LogP contribution in [-0.2, 0) is 4.79 Å². The molecule has 60 valence electrons. The maximum atomic E-state index is 10.8. The SMILES string of the molecule is O=C1CC(c2ccccn2)=NN1. The maximum absolute atomic E-state index is 10.8. The van der Waals surface area contributed by atoms with Crippen molar-refractivity contribution in [3.63, 3.8) is 0 Å². The molecule has 0 fully saturated rings. The van der Waals surface area contributed by atoms with Crippen LogP contribution in [0.1, 0.15) is 12.1 Å². The van der Waals surface area contributed by atoms with Gasteiger partial charge in [-0.2, -0.15) is 5.10 Å². The molecule has 0 aromatic carbocycles. The molecular weight excluding hydrogens is 154 g/mol. The number of hydrogen-bond acceptors (Lipinski definition) is 3. The van der Waals surface area contributed by atoms with Crippen LogP contribution >= 0.6 is 0 Å². The van der Waals surface area contributed by atoms with Crippen molar-refractivity contribution in [3.05, 3.63) is 30.1 Å². The molecule has 0 bridgehead atoms. The average molecular weight is 161 g/mol. The summed E-state index contributed by atoms with van der Waals surface area (Å²) >= 11 is 0. The lowest BCUT2D eigenvalue weighted by Gasteiger charge is -1.93. The maximum Gasteiger partial charge on any atom is 0.246 e. The summed E-state index contributed by atoms with van der Waals surface area (Å²) in [6.07, 6.45) is 2.01. The minimum Gasteiger partial charge on any atom is -0.273 e. The Balaban J connectivity index is 2.28. The van der Waals surface area contributed by atoms with E-state index in [9.17, 15) is 4.79 Å². The number of aromatic nitrogens is 1. The third kappa shape index (κ3) is 1.18. The summed E-state index contributed by atoms with van der Waals surface area (Å²) in [6.45, 7) is 0. The van der Waals surface area contributed by atoms with Gasteiger partial charge in [0.2, 0.25) is 5.91 Å². The fourth-order valence-corrected chi connectivity index (χ4v) is 1.04. The molecule has 2 heterocycles. The lowest BCUT2D eigenvalue weighted by molar-refractivity contribution is -0.119. The molecule has 0 unspecified atom stereocenters. The minimum absolute atomic E-state index is 0.0735. The summed E-state index contributed by atoms with van der Waals surface area (Å²) in [5.74, 6) is -0.0735. The first kappa shape index (κ1) is 6.97. The van der Waals surface area contributed by atoms with E-state index in [1.807, 2.05) is 18.2 Å². The molecule has 1 N–H and O–H groups in total. The molecule has 4 nitrogen and oxygen atoms in total. The van der Waals surface area contributed by atoms with E-state index in [1.165, 1.54) is 0 Å². The van der Waals surface area contributed by atoms with Gasteiger partial charge in [-0.25, -0.2) is 5.43 Å². The van der Waals surface area contributed by atoms with Crippen LogP contribution in [0.4, 0.5) is 0 Å². The Morgan fingerprint density at radius 1 is 1.42 bits per heavy atom. The molecule has 12 heavy (non-hydrogen) atoms. The van der Waals surface area contributed by atoms with Crippen molar-refractivity contribution in [2.24, 2.45) is 5.10 Å². The lowest BCUT2D eigenvalue weighted by atomic mass is 10.2. The number of pyridine rings is 1. The van der Waals surface area contributed by atoms with Gasteiger partial charge in [0.05, 0.1) is 17.8 Å². The van der Waals surface area contributed by atoms with Gasteiger partial charge in [0, 0.05) is 6.20 Å². The van der Waals surface area contributed by atoms with Crippen LogP contribution in [0.2, 0.25) is 0 Å². The third-order valence-corrected chi connectivity index (χ3v) is 1.60. The molecule has 0 aliphatic carbocycles. The Labute approximate surface area is 69.3 Å². The Hall–Kier alpha value is -1.71. The first-order valence-corrected chi connectivity index (χ1v) is 3.63. The van der Waals surface area contributed by atoms with Gasteiger partial charge in [-0.05, 0) is 12.1 Å². The number of hydrazone groups is 1. The van der Waals surface area contributed by atoms with Crippen molar-refractivity contribution in [2.75, 3.05) is 0 Å². The number of carbonyl (C=O) groups is 1. The van der Waals surface area contributed by atoms with E-state index >= 15 is 0 Å². The topological polar surface area (TPSA) is 54.4 Å². The molecule has 1 aromatic heterocycles. The van der Waals surface area contributed by atoms with Crippen LogP contribution in [0, 0.1) is 0 Å². The van der Waals surface area contributed by atoms with Gasteiger partial charge in [-0.1, -0.05) is 6.07 Å². The number of carbonyl (C=O) groups excluding carboxylic acids is 1. The number of nitrogens with zero attached hydrogens (tertiary/aromatic N) is 2. The molecule has 1 amide bonds. The van der Waals surface area contributed by atoms with Crippen LogP contribution < -0.4 is 5.43 Å². The highest BCUT2D eigenvalue weighted by Crippen LogP contribution is 2.04. The van der Waals surface area contributed by atoms with Crippen LogP contribution in [0.3, 0.4) is 0 Å². The molecule has 4 heteroatoms. The van der Waals surface area contributed by atoms with E-state index in [0.717, 1.165) is 5.69 Å². The molecule has 0 atom stereocenters. The second-order valence-electron chi connectivity index (χ2n) is 2.49. The van der Waals surface area contributed by atoms with Crippen LogP contribution in [0.15, 0.2) is 29.5 Å². The van der Waals surface area contributed by atoms with E-state index in [-0.39, 0.29) is 5.91 Å². The van der Waals surface area contributed by atoms with Crippen molar-refractivity contribution in [1.82, 2.24) is 10.4 Å². The van der Waals surface area contributed by atoms with Crippen LogP contribution in [0.25, 0.3) is 0 Å². The second kappa shape index (κ2) is 2.73. The third-order valence-electron chi connectivity index (χ3n) is 1.60. The van der Waals surface area contributed by atoms with E-state index in [2.05, 4.69) is 15.5 Å². The summed E-state index contributed by atoms with van der Waals surface area (Å²) in [6, 6.07) is 5.53. The molecule has 0 radical (unpaired) electrons. The predicted molar refractivity (Wildman–Crippen MR) is 43.5 cm³/mol. The average Bonchev–Trinajstić information content (AvgIpc) is 2.54. The van der Waals surface area contributed by atoms with Gasteiger partial charge >= 0.3 is 0 Å². The van der Waals surface area contributed by atoms with Gasteiger partial charge < -0.3 is 0 Å². The highest BCUT2D eigenvalue weighted by Gasteiger charge is 2.16. The minimum atomic E-state index is -0.0735. The summed E-state index contributed by atoms with van der Waals surface area (Å²) < 4.78 is 0. The van der Waals surface area contributed by atoms with E-state index in [4.69, 9.17) is 0 Å². The number of nitrogens with one attached hydrogen (secondary N) is 1. The zero-order chi connectivity index (χ0) is 8.39. The molecule has 2 rings (SSSR count). The first-order chi connectivity index (χ1) is 5.86. The van der Waals surface area contributed by atoms with E-state index in [1.54, 1.807) is 6.20 Å². The number of amides is 1. The van der Waals surface area contributed by atoms with Crippen molar-refractivity contribution in [3.8, 4) is 0 Å². The van der Waals surface area contributed by atoms with Gasteiger partial charge in [-0.15, -0.1) is 0 Å². The van der Waals surface area contributed by atoms with Gasteiger partial charge in [-0.3, -0.25) is 9.78 Å². The zero-order valence-electron chi connectivity index (χ0n) is 6.32. The fourth-order valence-electron chi connectivity index (χ4n) is 1.04. The number of rotatable bonds is 1. The largest absolute Gasteiger partial charge is 0.273 e. The summed E-state index contributed by atoms with van der Waals surface area (Å²) in [5.41, 5.74) is 3.85. The van der Waals surface area contributed by atoms with Gasteiger partial charge in [0.15, 0.2) is 0 Å². The quantitative estimate of drug-likeness (QED) is 0.644. The van der Waals surface area contributed by atoms with E-state index < -0.39 is 0 Å². The van der Waals surface area contributed by atoms with Crippen molar-refractivity contribution < 1.29 is 4.79 Å². The molecule has 1 aliphatic rings. The summed E-state index contributed by atoms with van der Waals surface area (Å²) in [7, 11) is 0. The Kier molecular flexibility index (Phi) is 1.59. The summed E-state index contributed by atoms with van der Waals surface area (Å²) in [5, 5.41) is 3.84. The summed E-state index contributed by atoms with van der Waals surface area (Å²) in [4.78, 5) is 14.8. The van der Waals surface area contributed by atoms with Crippen LogP contribution in [-0.4, -0.2) is 16.6 Å². The number of hydrogen-bond donors (Lipinski definition) is 1. The fraction of sp³-hybridized carbons (Fsp3) is 0.125. The molecule has 0 spiro atoms. The normalized spacial score (nSPS) is 15.7. The molecule has 0 saturated heterocycles. The highest BCUT2D eigenvalue weighted by molar-refractivity contribution is 6.12. The Morgan fingerprint density at radius 2 is 2.33 bits per heavy atom. The lowest BCUT2D eigenvalue weighted by Crippen LogP contribution is -2.09. The van der Waals surface area contributed by atoms with Crippen molar-refractivity contribution >= 4 is 11.6 Å². The predicted octanol–water partition coefficient (Wildman–Crippen LogP) is 0.306. The Morgan fingerprint density at radius 3 is 2.92 bits per heavy atom. The van der Waals surface area contributed by atoms with Gasteiger partial charge in [0.1, 0.15) is 0 Å². The second-order valence-corrected chi connectivity index (χ2v) is 2.49. The first-order valence-electron chi connectivity index (χ1n) is 3.63. The van der Waals surface area contributed by atoms with Crippen LogP contribution in [0.5, 0.6) is 0 Å². The Bertz CT molecular complexity index is 331. The highest BCUT2D eigenvalue weighted by atomic mass is 16.2. The smallest absolute Gasteiger partial charge is 0.246 e. The molecule has 1 aromatic rings. The zero-order valence-corrected chi connectivity index (χ0v) is 6.32. The monoisotopic (exact) mass is 161 g/mol. The van der Waals surface area contributed by atoms with Gasteiger partial charge in [0.25, 0.3) is 0 Å². The van der Waals surface area contributed by atoms with Crippen molar-refractivity contribution in [1.29, 1.82) is 0 Å². The molecular formula is C8H7N3O. The molecule has 0 saturated carbocycles. The standard InChI is InChI=1S/C8H7N3O/c12-8-5-7(10-11-8)6-3-1-2-4-9-6/h1-4H,5H2,(H,11,12). The molecule has 1 aliphatic heterocycles.